The maximum absolute atomic E-state index is 12.1. The summed E-state index contributed by atoms with van der Waals surface area (Å²) in [4.78, 5) is 17.6. The zero-order chi connectivity index (χ0) is 20.8. The largest absolute Gasteiger partial charge is 0.348 e. The van der Waals surface area contributed by atoms with Crippen LogP contribution in [0.5, 0.6) is 0 Å². The molecule has 0 radical (unpaired) electrons. The van der Waals surface area contributed by atoms with E-state index in [9.17, 15) is 4.79 Å². The highest BCUT2D eigenvalue weighted by atomic mass is 16.7. The molecule has 2 N–H and O–H groups in total. The molecule has 1 aromatic heterocycles. The van der Waals surface area contributed by atoms with Crippen LogP contribution in [0.2, 0.25) is 0 Å². The summed E-state index contributed by atoms with van der Waals surface area (Å²) in [7, 11) is 0. The van der Waals surface area contributed by atoms with E-state index in [1.165, 1.54) is 24.4 Å². The molecule has 2 aromatic carbocycles. The molecular formula is C22H26N6O2. The first kappa shape index (κ1) is 20.0. The fraction of sp³-hybridized carbons (Fsp3) is 0.364. The Bertz CT molecular complexity index is 989. The predicted octanol–water partition coefficient (Wildman–Crippen LogP) is 4.49. The Kier molecular flexibility index (Phi) is 6.34. The van der Waals surface area contributed by atoms with E-state index in [2.05, 4.69) is 39.0 Å². The molecule has 4 rings (SSSR count). The number of hydroxylamine groups is 1. The van der Waals surface area contributed by atoms with Crippen molar-refractivity contribution in [2.45, 2.75) is 52.0 Å². The number of benzene rings is 2. The molecule has 0 saturated carbocycles. The van der Waals surface area contributed by atoms with Gasteiger partial charge in [-0.1, -0.05) is 62.9 Å². The molecule has 2 heterocycles. The minimum atomic E-state index is -0.200. The van der Waals surface area contributed by atoms with Gasteiger partial charge in [-0.25, -0.2) is 0 Å². The topological polar surface area (TPSA) is 96.0 Å². The summed E-state index contributed by atoms with van der Waals surface area (Å²) in [6, 6.07) is 14.1. The average Bonchev–Trinajstić information content (AvgIpc) is 3.42. The highest BCUT2D eigenvalue weighted by Gasteiger charge is 2.23. The van der Waals surface area contributed by atoms with Crippen molar-refractivity contribution in [1.82, 2.24) is 25.8 Å². The van der Waals surface area contributed by atoms with Gasteiger partial charge >= 0.3 is 5.97 Å². The van der Waals surface area contributed by atoms with Crippen LogP contribution in [0.3, 0.4) is 0 Å². The van der Waals surface area contributed by atoms with E-state index in [1.807, 2.05) is 36.4 Å². The molecule has 0 amide bonds. The van der Waals surface area contributed by atoms with Crippen LogP contribution in [0.15, 0.2) is 42.5 Å². The second-order valence-corrected chi connectivity index (χ2v) is 7.43. The summed E-state index contributed by atoms with van der Waals surface area (Å²) in [6.07, 6.45) is 5.97. The highest BCUT2D eigenvalue weighted by Crippen LogP contribution is 2.34. The molecule has 30 heavy (non-hydrogen) atoms. The van der Waals surface area contributed by atoms with E-state index >= 15 is 0 Å². The maximum Gasteiger partial charge on any atom is 0.327 e. The Morgan fingerprint density at radius 3 is 2.73 bits per heavy atom. The van der Waals surface area contributed by atoms with Gasteiger partial charge in [-0.05, 0) is 45.6 Å². The number of tetrazole rings is 1. The summed E-state index contributed by atoms with van der Waals surface area (Å²) < 4.78 is 0. The number of anilines is 1. The van der Waals surface area contributed by atoms with Gasteiger partial charge in [0.2, 0.25) is 5.82 Å². The molecule has 3 aromatic rings. The van der Waals surface area contributed by atoms with E-state index < -0.39 is 0 Å². The minimum absolute atomic E-state index is 0.200. The molecule has 0 spiro atoms. The van der Waals surface area contributed by atoms with Gasteiger partial charge in [0.05, 0.1) is 12.2 Å². The molecule has 0 atom stereocenters. The summed E-state index contributed by atoms with van der Waals surface area (Å²) in [6.45, 7) is 2.68. The van der Waals surface area contributed by atoms with Crippen molar-refractivity contribution in [3.63, 3.8) is 0 Å². The van der Waals surface area contributed by atoms with E-state index in [-0.39, 0.29) is 5.97 Å². The number of unbranched alkanes of at least 4 members (excludes halogenated alkanes) is 4. The molecule has 1 aliphatic rings. The number of carbonyl (C=O) groups is 1. The van der Waals surface area contributed by atoms with E-state index in [0.717, 1.165) is 40.8 Å². The lowest BCUT2D eigenvalue weighted by Crippen LogP contribution is -2.27. The number of fused-ring (bicyclic) bond motifs is 1. The van der Waals surface area contributed by atoms with Crippen molar-refractivity contribution >= 4 is 11.7 Å². The normalized spacial score (nSPS) is 13.1. The molecule has 0 fully saturated rings. The van der Waals surface area contributed by atoms with Crippen LogP contribution in [-0.4, -0.2) is 31.8 Å². The predicted molar refractivity (Wildman–Crippen MR) is 114 cm³/mol. The van der Waals surface area contributed by atoms with Crippen LogP contribution in [0.4, 0.5) is 5.69 Å². The summed E-state index contributed by atoms with van der Waals surface area (Å²) >= 11 is 0. The van der Waals surface area contributed by atoms with Crippen molar-refractivity contribution in [1.29, 1.82) is 0 Å². The van der Waals surface area contributed by atoms with E-state index in [4.69, 9.17) is 4.84 Å². The van der Waals surface area contributed by atoms with E-state index in [0.29, 0.717) is 18.8 Å². The third-order valence-electron chi connectivity index (χ3n) is 5.19. The molecule has 0 saturated heterocycles. The van der Waals surface area contributed by atoms with Crippen LogP contribution in [0.25, 0.3) is 22.5 Å². The number of hydrogen-bond acceptors (Lipinski definition) is 7. The number of hydrazine groups is 1. The van der Waals surface area contributed by atoms with Crippen molar-refractivity contribution in [3.8, 4) is 22.5 Å². The van der Waals surface area contributed by atoms with Crippen LogP contribution < -0.4 is 5.43 Å². The van der Waals surface area contributed by atoms with Crippen molar-refractivity contribution < 1.29 is 9.63 Å². The number of aromatic amines is 1. The number of H-pyrrole nitrogens is 1. The SMILES string of the molecule is CCCCCCCC(=O)ON1Cc2cc(-c3ccccc3-c3nn[nH]n3)ccc2N1. The summed E-state index contributed by atoms with van der Waals surface area (Å²) in [5.74, 6) is 0.355. The molecule has 0 bridgehead atoms. The van der Waals surface area contributed by atoms with Gasteiger partial charge in [-0.15, -0.1) is 10.2 Å². The van der Waals surface area contributed by atoms with Crippen LogP contribution in [0, 0.1) is 0 Å². The Hall–Kier alpha value is -3.26. The lowest BCUT2D eigenvalue weighted by atomic mass is 9.97. The lowest BCUT2D eigenvalue weighted by molar-refractivity contribution is -0.184. The summed E-state index contributed by atoms with van der Waals surface area (Å²) in [5, 5.41) is 15.9. The molecule has 8 heteroatoms. The number of aromatic nitrogens is 4. The second-order valence-electron chi connectivity index (χ2n) is 7.43. The first-order valence-corrected chi connectivity index (χ1v) is 10.5. The summed E-state index contributed by atoms with van der Waals surface area (Å²) in [5.41, 5.74) is 8.11. The second kappa shape index (κ2) is 9.49. The van der Waals surface area contributed by atoms with Crippen LogP contribution in [-0.2, 0) is 16.2 Å². The third kappa shape index (κ3) is 4.65. The van der Waals surface area contributed by atoms with Gasteiger partial charge in [-0.2, -0.15) is 5.21 Å². The highest BCUT2D eigenvalue weighted by molar-refractivity contribution is 5.81. The molecular weight excluding hydrogens is 380 g/mol. The Morgan fingerprint density at radius 2 is 1.93 bits per heavy atom. The number of rotatable bonds is 9. The van der Waals surface area contributed by atoms with Crippen molar-refractivity contribution in [2.24, 2.45) is 0 Å². The molecule has 8 nitrogen and oxygen atoms in total. The van der Waals surface area contributed by atoms with Gasteiger partial charge in [0.1, 0.15) is 0 Å². The molecule has 1 aliphatic heterocycles. The average molecular weight is 406 g/mol. The quantitative estimate of drug-likeness (QED) is 0.505. The zero-order valence-corrected chi connectivity index (χ0v) is 17.1. The Balaban J connectivity index is 1.40. The zero-order valence-electron chi connectivity index (χ0n) is 17.1. The monoisotopic (exact) mass is 406 g/mol. The van der Waals surface area contributed by atoms with Gasteiger partial charge in [0, 0.05) is 12.0 Å². The van der Waals surface area contributed by atoms with Crippen LogP contribution in [0.1, 0.15) is 51.0 Å². The number of nitrogens with zero attached hydrogens (tertiary/aromatic N) is 4. The molecule has 0 aliphatic carbocycles. The Morgan fingerprint density at radius 1 is 1.10 bits per heavy atom. The maximum atomic E-state index is 12.1. The van der Waals surface area contributed by atoms with Crippen LogP contribution >= 0.6 is 0 Å². The van der Waals surface area contributed by atoms with Gasteiger partial charge in [-0.3, -0.25) is 10.2 Å². The fourth-order valence-electron chi connectivity index (χ4n) is 3.63. The smallest absolute Gasteiger partial charge is 0.327 e. The van der Waals surface area contributed by atoms with Gasteiger partial charge in [0.25, 0.3) is 0 Å². The third-order valence-corrected chi connectivity index (χ3v) is 5.19. The molecule has 0 unspecified atom stereocenters. The van der Waals surface area contributed by atoms with Crippen molar-refractivity contribution in [2.75, 3.05) is 5.43 Å². The standard InChI is InChI=1S/C22H26N6O2/c1-2-3-4-5-6-11-21(29)30-28-15-17-14-16(12-13-20(17)25-28)18-9-7-8-10-19(18)22-23-26-27-24-22/h7-10,12-14,25H,2-6,11,15H2,1H3,(H,23,24,26,27). The molecule has 156 valence electrons. The minimum Gasteiger partial charge on any atom is -0.348 e. The number of hydrogen-bond donors (Lipinski definition) is 2. The Labute approximate surface area is 175 Å². The number of carbonyl (C=O) groups excluding carboxylic acids is 1. The van der Waals surface area contributed by atoms with E-state index in [1.54, 1.807) is 0 Å². The lowest BCUT2D eigenvalue weighted by Gasteiger charge is -2.14. The van der Waals surface area contributed by atoms with Crippen molar-refractivity contribution in [3.05, 3.63) is 48.0 Å². The van der Waals surface area contributed by atoms with Gasteiger partial charge in [0.15, 0.2) is 0 Å². The fourth-order valence-corrected chi connectivity index (χ4v) is 3.63. The van der Waals surface area contributed by atoms with Gasteiger partial charge < -0.3 is 4.84 Å². The first-order valence-electron chi connectivity index (χ1n) is 10.5. The first-order chi connectivity index (χ1) is 14.7. The number of nitrogens with one attached hydrogen (secondary N) is 2.